The van der Waals surface area contributed by atoms with Crippen LogP contribution in [-0.4, -0.2) is 39.0 Å². The smallest absolute Gasteiger partial charge is 0.133 e. The van der Waals surface area contributed by atoms with E-state index in [0.717, 1.165) is 28.6 Å². The molecule has 572 valence electrons. The first kappa shape index (κ1) is 123. The second kappa shape index (κ2) is 119. The Morgan fingerprint density at radius 1 is 0.360 bits per heavy atom. The molecule has 17 heteroatoms. The van der Waals surface area contributed by atoms with E-state index >= 15 is 0 Å². The Bertz CT molecular complexity index is 2310. The van der Waals surface area contributed by atoms with Crippen molar-refractivity contribution >= 4 is 57.1 Å². The normalized spacial score (nSPS) is 7.32. The van der Waals surface area contributed by atoms with Crippen molar-refractivity contribution in [1.29, 1.82) is 0 Å². The molecule has 0 aliphatic carbocycles. The van der Waals surface area contributed by atoms with Crippen LogP contribution in [0.2, 0.25) is 0 Å². The van der Waals surface area contributed by atoms with Crippen molar-refractivity contribution in [2.75, 3.05) is 0 Å². The molecule has 12 nitrogen and oxygen atoms in total. The van der Waals surface area contributed by atoms with Crippen LogP contribution in [-0.2, 0) is 0 Å². The Kier molecular flexibility index (Phi) is 146. The predicted molar refractivity (Wildman–Crippen MR) is 458 cm³/mol. The zero-order chi connectivity index (χ0) is 79.0. The number of thiophene rings is 2. The molecule has 0 saturated heterocycles. The van der Waals surface area contributed by atoms with E-state index in [9.17, 15) is 0 Å². The molecular formula is C83H146N8O4S5. The van der Waals surface area contributed by atoms with Crippen molar-refractivity contribution in [1.82, 2.24) is 39.0 Å². The third-order valence-corrected chi connectivity index (χ3v) is 11.6. The Morgan fingerprint density at radius 2 is 0.970 bits per heavy atom. The minimum Gasteiger partial charge on any atom is -0.472 e. The van der Waals surface area contributed by atoms with E-state index in [-0.39, 0.29) is 7.43 Å². The molecule has 0 bridgehead atoms. The first-order valence-corrected chi connectivity index (χ1v) is 39.5. The molecule has 0 atom stereocenters. The summed E-state index contributed by atoms with van der Waals surface area (Å²) in [7, 11) is 0. The number of rotatable bonds is 0. The molecule has 0 unspecified atom stereocenters. The molecule has 0 fully saturated rings. The van der Waals surface area contributed by atoms with Crippen LogP contribution in [0, 0.1) is 83.1 Å². The van der Waals surface area contributed by atoms with Gasteiger partial charge in [-0.3, -0.25) is 19.9 Å². The number of aromatic nitrogens is 8. The van der Waals surface area contributed by atoms with Crippen molar-refractivity contribution < 1.29 is 17.9 Å². The second-order valence-corrected chi connectivity index (χ2v) is 19.9. The average Bonchev–Trinajstić information content (AvgIpc) is 3.60. The summed E-state index contributed by atoms with van der Waals surface area (Å²) in [5.41, 5.74) is 9.94. The van der Waals surface area contributed by atoms with E-state index < -0.39 is 0 Å². The lowest BCUT2D eigenvalue weighted by molar-refractivity contribution is 0.397. The van der Waals surface area contributed by atoms with Crippen molar-refractivity contribution in [2.24, 2.45) is 0 Å². The summed E-state index contributed by atoms with van der Waals surface area (Å²) in [5.74, 6) is 1.82. The molecule has 0 spiro atoms. The highest BCUT2D eigenvalue weighted by atomic mass is 32.1. The standard InChI is InChI=1S/3C6H7N.2C5H6O.2C5H6S.2C4H5NO.3C4H5NS.12C2H6.CH4/c1-6-2-4-7-5-3-6;1-6-3-2-4-7-5-6;1-6-4-2-3-5-7-6;1-5-2-3-6-4-5;1-5-3-2-4-6-5;1-5-2-3-6-4-5;1-5-3-2-4-6-5;1-4-2-3-6-5-4;1-4-2-3-5-6-4;1-4-2-5-3-6-4;1-4-2-3-6-5-4;1-4-2-3-5-6-4;12*1-2;/h3*2-5H,1H3;4*2-4H,1H3;5*2-3H,1H3;12*1-2H3;1H4. The minimum absolute atomic E-state index is 0. The second-order valence-electron chi connectivity index (χ2n) is 15.2. The van der Waals surface area contributed by atoms with Gasteiger partial charge in [-0.2, -0.15) is 15.7 Å². The van der Waals surface area contributed by atoms with E-state index in [1.54, 1.807) is 108 Å². The summed E-state index contributed by atoms with van der Waals surface area (Å²) in [6.07, 6.45) is 20.8. The van der Waals surface area contributed by atoms with Crippen LogP contribution in [0.1, 0.15) is 239 Å². The van der Waals surface area contributed by atoms with Crippen LogP contribution < -0.4 is 0 Å². The van der Waals surface area contributed by atoms with Gasteiger partial charge < -0.3 is 17.9 Å². The number of hydrogen-bond donors (Lipinski definition) is 0. The fourth-order valence-electron chi connectivity index (χ4n) is 4.09. The fourth-order valence-corrected chi connectivity index (χ4v) is 6.65. The van der Waals surface area contributed by atoms with Crippen LogP contribution in [0.15, 0.2) is 223 Å². The highest BCUT2D eigenvalue weighted by molar-refractivity contribution is 7.10. The first-order valence-electron chi connectivity index (χ1n) is 35.2. The maximum Gasteiger partial charge on any atom is 0.133 e. The van der Waals surface area contributed by atoms with Gasteiger partial charge in [-0.25, -0.2) is 4.37 Å². The summed E-state index contributed by atoms with van der Waals surface area (Å²) in [6, 6.07) is 33.3. The third-order valence-electron chi connectivity index (χ3n) is 7.95. The molecule has 12 heterocycles. The zero-order valence-corrected chi connectivity index (χ0v) is 73.0. The molecule has 100 heavy (non-hydrogen) atoms. The van der Waals surface area contributed by atoms with Crippen molar-refractivity contribution in [3.63, 3.8) is 0 Å². The van der Waals surface area contributed by atoms with Crippen LogP contribution in [0.25, 0.3) is 0 Å². The van der Waals surface area contributed by atoms with Gasteiger partial charge in [0.25, 0.3) is 0 Å². The monoisotopic (exact) mass is 1480 g/mol. The van der Waals surface area contributed by atoms with Gasteiger partial charge in [0.1, 0.15) is 17.8 Å². The summed E-state index contributed by atoms with van der Waals surface area (Å²) in [5, 5.41) is 15.2. The summed E-state index contributed by atoms with van der Waals surface area (Å²) in [6.45, 7) is 71.9. The number of pyridine rings is 3. The number of thiazole rings is 1. The minimum atomic E-state index is 0. The maximum atomic E-state index is 4.83. The maximum absolute atomic E-state index is 4.83. The van der Waals surface area contributed by atoms with Crippen LogP contribution >= 0.6 is 57.1 Å². The quantitative estimate of drug-likeness (QED) is 0.142. The molecule has 0 N–H and O–H groups in total. The molecule has 12 aromatic heterocycles. The van der Waals surface area contributed by atoms with Gasteiger partial charge in [0.15, 0.2) is 0 Å². The Morgan fingerprint density at radius 3 is 1.12 bits per heavy atom. The van der Waals surface area contributed by atoms with Gasteiger partial charge >= 0.3 is 0 Å². The highest BCUT2D eigenvalue weighted by Crippen LogP contribution is 2.04. The molecule has 0 aliphatic rings. The highest BCUT2D eigenvalue weighted by Gasteiger charge is 1.82. The van der Waals surface area contributed by atoms with E-state index in [1.807, 2.05) is 331 Å². The molecule has 0 saturated carbocycles. The van der Waals surface area contributed by atoms with E-state index in [4.69, 9.17) is 8.83 Å². The number of furan rings is 2. The number of hydrogen-bond acceptors (Lipinski definition) is 17. The lowest BCUT2D eigenvalue weighted by Crippen LogP contribution is -1.72. The third kappa shape index (κ3) is 115. The lowest BCUT2D eigenvalue weighted by Gasteiger charge is -1.82. The van der Waals surface area contributed by atoms with E-state index in [1.165, 1.54) is 60.0 Å². The molecule has 0 aromatic carbocycles. The van der Waals surface area contributed by atoms with Gasteiger partial charge in [-0.05, 0) is 217 Å². The topological polar surface area (TPSA) is 156 Å². The molecule has 0 radical (unpaired) electrons. The molecule has 12 aromatic rings. The van der Waals surface area contributed by atoms with Gasteiger partial charge in [0.05, 0.1) is 41.9 Å². The van der Waals surface area contributed by atoms with Gasteiger partial charge in [-0.15, -0.1) is 22.7 Å². The molecule has 12 rings (SSSR count). The average molecular weight is 1480 g/mol. The van der Waals surface area contributed by atoms with Crippen molar-refractivity contribution in [2.45, 2.75) is 257 Å². The van der Waals surface area contributed by atoms with Crippen LogP contribution in [0.5, 0.6) is 0 Å². The Balaban J connectivity index is -0.0000000730. The van der Waals surface area contributed by atoms with E-state index in [2.05, 4.69) is 96.2 Å². The predicted octanol–water partition coefficient (Wildman–Crippen LogP) is 30.7. The summed E-state index contributed by atoms with van der Waals surface area (Å²) < 4.78 is 26.4. The van der Waals surface area contributed by atoms with E-state index in [0.29, 0.717) is 0 Å². The lowest BCUT2D eigenvalue weighted by atomic mass is 10.3. The SMILES string of the molecule is C.CC.CC.CC.CC.CC.CC.CC.CC.CC.CC.CC.CC.Cc1ccccn1.Cc1cccnc1.Cc1ccco1.Cc1cccs1.Cc1ccncc1.Cc1ccno1.Cc1ccns1.Cc1ccoc1.Cc1ccon1.Cc1ccsc1.Cc1ccsn1.Cc1cncs1. The van der Waals surface area contributed by atoms with Crippen molar-refractivity contribution in [3.05, 3.63) is 270 Å². The zero-order valence-electron chi connectivity index (χ0n) is 68.9. The Hall–Kier alpha value is -7.28. The first-order chi connectivity index (χ1) is 48.2. The van der Waals surface area contributed by atoms with Crippen LogP contribution in [0.4, 0.5) is 0 Å². The molecule has 0 amide bonds. The largest absolute Gasteiger partial charge is 0.472 e. The van der Waals surface area contributed by atoms with Gasteiger partial charge in [-0.1, -0.05) is 202 Å². The Labute approximate surface area is 636 Å². The van der Waals surface area contributed by atoms with Gasteiger partial charge in [0, 0.05) is 81.2 Å². The number of aryl methyl sites for hydroxylation is 12. The molecular weight excluding hydrogens is 1330 g/mol. The van der Waals surface area contributed by atoms with Gasteiger partial charge in [0.2, 0.25) is 0 Å². The summed E-state index contributed by atoms with van der Waals surface area (Å²) in [4.78, 5) is 19.5. The van der Waals surface area contributed by atoms with Crippen molar-refractivity contribution in [3.8, 4) is 0 Å². The fraction of sp³-hybridized carbons (Fsp3) is 0.446. The van der Waals surface area contributed by atoms with Crippen LogP contribution in [0.3, 0.4) is 0 Å². The number of nitrogens with zero attached hydrogens (tertiary/aromatic N) is 8. The molecule has 0 aliphatic heterocycles. The summed E-state index contributed by atoms with van der Waals surface area (Å²) >= 11 is 8.20.